The molecule has 1 atom stereocenters. The Balaban J connectivity index is 1.79. The molecule has 0 amide bonds. The first kappa shape index (κ1) is 12.2. The maximum atomic E-state index is 6.10. The van der Waals surface area contributed by atoms with Crippen LogP contribution in [0.25, 0.3) is 0 Å². The summed E-state index contributed by atoms with van der Waals surface area (Å²) in [5, 5.41) is 12.5. The van der Waals surface area contributed by atoms with E-state index >= 15 is 0 Å². The van der Waals surface area contributed by atoms with Crippen LogP contribution < -0.4 is 5.32 Å². The molecule has 1 N–H and O–H groups in total. The summed E-state index contributed by atoms with van der Waals surface area (Å²) >= 11 is 6.10. The summed E-state index contributed by atoms with van der Waals surface area (Å²) < 4.78 is 0. The standard InChI is InChI=1S/C13H19ClN4/c1-18-7-3-4-9(8-18)15-13-11-6-2-5-10(11)12(14)16-17-13/h9H,2-8H2,1H3,(H,15,17). The van der Waals surface area contributed by atoms with E-state index in [0.717, 1.165) is 25.2 Å². The zero-order chi connectivity index (χ0) is 12.5. The lowest BCUT2D eigenvalue weighted by atomic mass is 10.1. The Hall–Kier alpha value is -0.870. The van der Waals surface area contributed by atoms with Crippen LogP contribution in [0.2, 0.25) is 5.15 Å². The van der Waals surface area contributed by atoms with Crippen molar-refractivity contribution in [3.63, 3.8) is 0 Å². The monoisotopic (exact) mass is 266 g/mol. The SMILES string of the molecule is CN1CCCC(Nc2nnc(Cl)c3c2CCC3)C1. The van der Waals surface area contributed by atoms with Crippen molar-refractivity contribution in [1.82, 2.24) is 15.1 Å². The van der Waals surface area contributed by atoms with Gasteiger partial charge in [0, 0.05) is 18.2 Å². The summed E-state index contributed by atoms with van der Waals surface area (Å²) in [6.07, 6.45) is 5.75. The molecule has 98 valence electrons. The highest BCUT2D eigenvalue weighted by molar-refractivity contribution is 6.30. The van der Waals surface area contributed by atoms with Crippen LogP contribution in [-0.2, 0) is 12.8 Å². The molecule has 1 aliphatic heterocycles. The molecule has 18 heavy (non-hydrogen) atoms. The average molecular weight is 267 g/mol. The number of anilines is 1. The van der Waals surface area contributed by atoms with E-state index in [4.69, 9.17) is 11.6 Å². The topological polar surface area (TPSA) is 41.0 Å². The Bertz CT molecular complexity index is 449. The molecular formula is C13H19ClN4. The normalized spacial score (nSPS) is 24.0. The lowest BCUT2D eigenvalue weighted by Gasteiger charge is -2.30. The number of hydrogen-bond acceptors (Lipinski definition) is 4. The molecule has 0 aromatic carbocycles. The number of hydrogen-bond donors (Lipinski definition) is 1. The first-order chi connectivity index (χ1) is 8.74. The maximum Gasteiger partial charge on any atom is 0.155 e. The van der Waals surface area contributed by atoms with Crippen molar-refractivity contribution in [2.24, 2.45) is 0 Å². The minimum absolute atomic E-state index is 0.490. The molecule has 1 fully saturated rings. The molecule has 2 heterocycles. The van der Waals surface area contributed by atoms with Crippen LogP contribution >= 0.6 is 11.6 Å². The summed E-state index contributed by atoms with van der Waals surface area (Å²) in [4.78, 5) is 2.37. The Morgan fingerprint density at radius 2 is 2.06 bits per heavy atom. The van der Waals surface area contributed by atoms with Crippen molar-refractivity contribution in [2.45, 2.75) is 38.1 Å². The number of nitrogens with zero attached hydrogens (tertiary/aromatic N) is 3. The van der Waals surface area contributed by atoms with Gasteiger partial charge in [-0.05, 0) is 51.3 Å². The molecule has 0 spiro atoms. The van der Waals surface area contributed by atoms with Crippen molar-refractivity contribution in [3.8, 4) is 0 Å². The average Bonchev–Trinajstić information content (AvgIpc) is 2.83. The van der Waals surface area contributed by atoms with E-state index in [-0.39, 0.29) is 0 Å². The quantitative estimate of drug-likeness (QED) is 0.890. The molecule has 1 aliphatic carbocycles. The predicted molar refractivity (Wildman–Crippen MR) is 73.2 cm³/mol. The summed E-state index contributed by atoms with van der Waals surface area (Å²) in [7, 11) is 2.17. The van der Waals surface area contributed by atoms with Crippen molar-refractivity contribution < 1.29 is 0 Å². The molecule has 0 saturated carbocycles. The predicted octanol–water partition coefficient (Wildman–Crippen LogP) is 2.12. The number of likely N-dealkylation sites (tertiary alicyclic amines) is 1. The number of nitrogens with one attached hydrogen (secondary N) is 1. The second-order valence-electron chi connectivity index (χ2n) is 5.40. The second kappa shape index (κ2) is 5.02. The Morgan fingerprint density at radius 1 is 1.22 bits per heavy atom. The van der Waals surface area contributed by atoms with Gasteiger partial charge >= 0.3 is 0 Å². The number of fused-ring (bicyclic) bond motifs is 1. The van der Waals surface area contributed by atoms with E-state index in [2.05, 4.69) is 27.5 Å². The Kier molecular flexibility index (Phi) is 3.39. The van der Waals surface area contributed by atoms with Gasteiger partial charge in [0.05, 0.1) is 0 Å². The lowest BCUT2D eigenvalue weighted by Crippen LogP contribution is -2.40. The molecule has 0 bridgehead atoms. The van der Waals surface area contributed by atoms with Gasteiger partial charge in [-0.15, -0.1) is 10.2 Å². The molecule has 0 radical (unpaired) electrons. The van der Waals surface area contributed by atoms with Crippen LogP contribution in [0.4, 0.5) is 5.82 Å². The fourth-order valence-corrected chi connectivity index (χ4v) is 3.29. The maximum absolute atomic E-state index is 6.10. The van der Waals surface area contributed by atoms with Crippen LogP contribution in [-0.4, -0.2) is 41.3 Å². The zero-order valence-corrected chi connectivity index (χ0v) is 11.5. The van der Waals surface area contributed by atoms with Crippen molar-refractivity contribution in [3.05, 3.63) is 16.3 Å². The van der Waals surface area contributed by atoms with Crippen molar-refractivity contribution in [1.29, 1.82) is 0 Å². The van der Waals surface area contributed by atoms with Gasteiger partial charge in [0.2, 0.25) is 0 Å². The van der Waals surface area contributed by atoms with E-state index in [1.807, 2.05) is 0 Å². The zero-order valence-electron chi connectivity index (χ0n) is 10.7. The van der Waals surface area contributed by atoms with Crippen LogP contribution in [0.5, 0.6) is 0 Å². The summed E-state index contributed by atoms with van der Waals surface area (Å²) in [6.45, 7) is 2.28. The minimum atomic E-state index is 0.490. The van der Waals surface area contributed by atoms with Crippen LogP contribution in [0.1, 0.15) is 30.4 Å². The van der Waals surface area contributed by atoms with Crippen LogP contribution in [0.15, 0.2) is 0 Å². The van der Waals surface area contributed by atoms with Crippen molar-refractivity contribution in [2.75, 3.05) is 25.5 Å². The van der Waals surface area contributed by atoms with Gasteiger partial charge in [0.25, 0.3) is 0 Å². The first-order valence-corrected chi connectivity index (χ1v) is 7.11. The van der Waals surface area contributed by atoms with Gasteiger partial charge in [-0.3, -0.25) is 0 Å². The third-order valence-corrected chi connectivity index (χ3v) is 4.26. The largest absolute Gasteiger partial charge is 0.364 e. The van der Waals surface area contributed by atoms with Gasteiger partial charge in [-0.2, -0.15) is 0 Å². The fourth-order valence-electron chi connectivity index (χ4n) is 3.04. The Morgan fingerprint density at radius 3 is 2.89 bits per heavy atom. The number of rotatable bonds is 2. The van der Waals surface area contributed by atoms with E-state index in [0.29, 0.717) is 11.2 Å². The van der Waals surface area contributed by atoms with Gasteiger partial charge in [-0.1, -0.05) is 11.6 Å². The van der Waals surface area contributed by atoms with Gasteiger partial charge in [0.15, 0.2) is 11.0 Å². The molecular weight excluding hydrogens is 248 g/mol. The molecule has 3 rings (SSSR count). The first-order valence-electron chi connectivity index (χ1n) is 6.73. The number of piperidine rings is 1. The van der Waals surface area contributed by atoms with E-state index in [1.165, 1.54) is 36.9 Å². The number of likely N-dealkylation sites (N-methyl/N-ethyl adjacent to an activating group) is 1. The molecule has 4 nitrogen and oxygen atoms in total. The fraction of sp³-hybridized carbons (Fsp3) is 0.692. The third kappa shape index (κ3) is 2.31. The van der Waals surface area contributed by atoms with Gasteiger partial charge < -0.3 is 10.2 Å². The van der Waals surface area contributed by atoms with Crippen LogP contribution in [0, 0.1) is 0 Å². The molecule has 1 aromatic rings. The summed E-state index contributed by atoms with van der Waals surface area (Å²) in [5.41, 5.74) is 2.50. The molecule has 1 saturated heterocycles. The highest BCUT2D eigenvalue weighted by atomic mass is 35.5. The lowest BCUT2D eigenvalue weighted by molar-refractivity contribution is 0.260. The number of halogens is 1. The number of aromatic nitrogens is 2. The van der Waals surface area contributed by atoms with E-state index < -0.39 is 0 Å². The summed E-state index contributed by atoms with van der Waals surface area (Å²) in [6, 6.07) is 0.490. The Labute approximate surface area is 113 Å². The van der Waals surface area contributed by atoms with E-state index in [1.54, 1.807) is 0 Å². The molecule has 1 unspecified atom stereocenters. The minimum Gasteiger partial charge on any atom is -0.364 e. The summed E-state index contributed by atoms with van der Waals surface area (Å²) in [5.74, 6) is 0.965. The third-order valence-electron chi connectivity index (χ3n) is 3.96. The highest BCUT2D eigenvalue weighted by Crippen LogP contribution is 2.31. The van der Waals surface area contributed by atoms with Gasteiger partial charge in [-0.25, -0.2) is 0 Å². The van der Waals surface area contributed by atoms with Crippen molar-refractivity contribution >= 4 is 17.4 Å². The molecule has 2 aliphatic rings. The second-order valence-corrected chi connectivity index (χ2v) is 5.75. The molecule has 5 heteroatoms. The molecule has 1 aromatic heterocycles. The van der Waals surface area contributed by atoms with Crippen LogP contribution in [0.3, 0.4) is 0 Å². The van der Waals surface area contributed by atoms with E-state index in [9.17, 15) is 0 Å². The smallest absolute Gasteiger partial charge is 0.155 e. The highest BCUT2D eigenvalue weighted by Gasteiger charge is 2.23. The van der Waals surface area contributed by atoms with Gasteiger partial charge in [0.1, 0.15) is 0 Å².